The van der Waals surface area contributed by atoms with Gasteiger partial charge >= 0.3 is 0 Å². The third-order valence-electron chi connectivity index (χ3n) is 13.9. The van der Waals surface area contributed by atoms with E-state index in [0.29, 0.717) is 0 Å². The normalized spacial score (nSPS) is 15.0. The number of hydrogen-bond donors (Lipinski definition) is 0. The smallest absolute Gasteiger partial charge is 0.0831 e. The Balaban J connectivity index is 1.10. The number of fused-ring (bicyclic) bond motifs is 20. The van der Waals surface area contributed by atoms with Crippen molar-refractivity contribution < 1.29 is 0 Å². The molecule has 0 saturated carbocycles. The fraction of sp³-hybridized carbons (Fsp3) is 0.0345. The molecule has 4 aromatic heterocycles. The molecule has 6 heterocycles. The molecule has 2 spiro atoms. The summed E-state index contributed by atoms with van der Waals surface area (Å²) in [5.41, 5.74) is 9.77. The summed E-state index contributed by atoms with van der Waals surface area (Å²) in [6.45, 7) is 0. The second-order valence-corrected chi connectivity index (χ2v) is 23.5. The van der Waals surface area contributed by atoms with Crippen molar-refractivity contribution in [3.05, 3.63) is 237 Å². The van der Waals surface area contributed by atoms with Crippen LogP contribution in [0.25, 0.3) is 61.2 Å². The van der Waals surface area contributed by atoms with E-state index in [-0.39, 0.29) is 0 Å². The molecule has 0 nitrogen and oxygen atoms in total. The van der Waals surface area contributed by atoms with Gasteiger partial charge in [-0.3, -0.25) is 0 Å². The molecule has 0 N–H and O–H groups in total. The van der Waals surface area contributed by atoms with Crippen LogP contribution in [0.1, 0.15) is 43.1 Å². The first kappa shape index (κ1) is 36.6. The van der Waals surface area contributed by atoms with Crippen LogP contribution < -0.4 is 0 Å². The Morgan fingerprint density at radius 1 is 0.266 bits per heavy atom. The Kier molecular flexibility index (Phi) is 7.68. The van der Waals surface area contributed by atoms with Gasteiger partial charge < -0.3 is 0 Å². The van der Waals surface area contributed by atoms with E-state index in [0.717, 1.165) is 0 Å². The van der Waals surface area contributed by atoms with Gasteiger partial charge in [-0.25, -0.2) is 0 Å². The highest BCUT2D eigenvalue weighted by molar-refractivity contribution is 7.99. The minimum absolute atomic E-state index is 0.552. The molecule has 0 saturated heterocycles. The van der Waals surface area contributed by atoms with Crippen molar-refractivity contribution in [3.63, 3.8) is 0 Å². The van der Waals surface area contributed by atoms with E-state index in [2.05, 4.69) is 194 Å². The zero-order valence-electron chi connectivity index (χ0n) is 33.9. The molecule has 1 aliphatic carbocycles. The van der Waals surface area contributed by atoms with Crippen LogP contribution in [0.4, 0.5) is 0 Å². The minimum Gasteiger partial charge on any atom is -0.138 e. The van der Waals surface area contributed by atoms with Crippen LogP contribution in [0.2, 0.25) is 0 Å². The Morgan fingerprint density at radius 2 is 0.609 bits per heavy atom. The highest BCUT2D eigenvalue weighted by atomic mass is 32.2. The second-order valence-electron chi connectivity index (χ2n) is 17.0. The van der Waals surface area contributed by atoms with Crippen LogP contribution in [0.3, 0.4) is 0 Å². The van der Waals surface area contributed by atoms with Crippen molar-refractivity contribution in [1.29, 1.82) is 0 Å². The first-order valence-electron chi connectivity index (χ1n) is 21.5. The van der Waals surface area contributed by atoms with Gasteiger partial charge in [0.05, 0.1) is 10.8 Å². The summed E-state index contributed by atoms with van der Waals surface area (Å²) in [5, 5.41) is 5.35. The van der Waals surface area contributed by atoms with Crippen molar-refractivity contribution in [3.8, 4) is 20.9 Å². The first-order chi connectivity index (χ1) is 31.7. The summed E-state index contributed by atoms with van der Waals surface area (Å²) in [4.78, 5) is 10.8. The molecule has 6 heteroatoms. The lowest BCUT2D eigenvalue weighted by molar-refractivity contribution is 0.609. The lowest BCUT2D eigenvalue weighted by Gasteiger charge is -2.51. The molecule has 0 radical (unpaired) electrons. The van der Waals surface area contributed by atoms with E-state index in [1.165, 1.54) is 124 Å². The molecule has 15 rings (SSSR count). The largest absolute Gasteiger partial charge is 0.138 e. The number of rotatable bonds is 2. The highest BCUT2D eigenvalue weighted by Gasteiger charge is 2.60. The van der Waals surface area contributed by atoms with E-state index in [1.54, 1.807) is 0 Å². The molecule has 3 aliphatic rings. The van der Waals surface area contributed by atoms with Gasteiger partial charge in [-0.1, -0.05) is 157 Å². The summed E-state index contributed by atoms with van der Waals surface area (Å²) in [6, 6.07) is 74.5. The van der Waals surface area contributed by atoms with Gasteiger partial charge in [0.25, 0.3) is 0 Å². The topological polar surface area (TPSA) is 0 Å². The summed E-state index contributed by atoms with van der Waals surface area (Å²) in [5.74, 6) is 0. The second kappa shape index (κ2) is 13.4. The SMILES string of the molecule is c1ccc2c(c1)Sc1ccccc1C21c2cc(-c3ccc4c(c3)sc3ccccc34)sc2C2(c3ccccc3Sc3ccccc32)c2cc(-c3ccc4c(c3)sc3ccccc34)sc21. The van der Waals surface area contributed by atoms with Crippen LogP contribution in [-0.2, 0) is 10.8 Å². The van der Waals surface area contributed by atoms with Gasteiger partial charge in [-0.2, -0.15) is 0 Å². The summed E-state index contributed by atoms with van der Waals surface area (Å²) < 4.78 is 5.35. The molecule has 8 aromatic carbocycles. The molecule has 2 aliphatic heterocycles. The zero-order chi connectivity index (χ0) is 41.7. The molecular weight excluding hydrogens is 889 g/mol. The zero-order valence-corrected chi connectivity index (χ0v) is 38.8. The van der Waals surface area contributed by atoms with Gasteiger partial charge in [0.2, 0.25) is 0 Å². The third kappa shape index (κ3) is 4.75. The predicted molar refractivity (Wildman–Crippen MR) is 277 cm³/mol. The minimum atomic E-state index is -0.552. The predicted octanol–water partition coefficient (Wildman–Crippen LogP) is 17.9. The van der Waals surface area contributed by atoms with E-state index in [9.17, 15) is 0 Å². The summed E-state index contributed by atoms with van der Waals surface area (Å²) >= 11 is 11.7. The lowest BCUT2D eigenvalue weighted by Crippen LogP contribution is -2.45. The monoisotopic (exact) mass is 920 g/mol. The van der Waals surface area contributed by atoms with Gasteiger partial charge in [-0.15, -0.1) is 45.3 Å². The fourth-order valence-corrected chi connectivity index (χ4v) is 18.8. The van der Waals surface area contributed by atoms with Crippen LogP contribution in [0.15, 0.2) is 214 Å². The maximum atomic E-state index is 2.62. The van der Waals surface area contributed by atoms with Crippen LogP contribution in [0.5, 0.6) is 0 Å². The van der Waals surface area contributed by atoms with Crippen molar-refractivity contribution in [1.82, 2.24) is 0 Å². The van der Waals surface area contributed by atoms with Crippen molar-refractivity contribution in [2.45, 2.75) is 30.4 Å². The van der Waals surface area contributed by atoms with Gasteiger partial charge in [0.15, 0.2) is 0 Å². The lowest BCUT2D eigenvalue weighted by atomic mass is 9.55. The van der Waals surface area contributed by atoms with Crippen molar-refractivity contribution >= 4 is 109 Å². The first-order valence-corrected chi connectivity index (χ1v) is 26.4. The van der Waals surface area contributed by atoms with Gasteiger partial charge in [-0.05, 0) is 105 Å². The maximum Gasteiger partial charge on any atom is 0.0831 e. The number of benzene rings is 8. The van der Waals surface area contributed by atoms with E-state index in [4.69, 9.17) is 0 Å². The van der Waals surface area contributed by atoms with Crippen LogP contribution in [-0.4, -0.2) is 0 Å². The van der Waals surface area contributed by atoms with Gasteiger partial charge in [0.1, 0.15) is 0 Å². The highest BCUT2D eigenvalue weighted by Crippen LogP contribution is 2.70. The van der Waals surface area contributed by atoms with Crippen LogP contribution in [0, 0.1) is 0 Å². The molecule has 64 heavy (non-hydrogen) atoms. The Labute approximate surface area is 394 Å². The molecule has 0 amide bonds. The van der Waals surface area contributed by atoms with E-state index in [1.807, 2.05) is 68.9 Å². The van der Waals surface area contributed by atoms with E-state index < -0.39 is 10.8 Å². The molecule has 300 valence electrons. The summed E-state index contributed by atoms with van der Waals surface area (Å²) in [6.07, 6.45) is 0. The molecule has 12 aromatic rings. The Hall–Kier alpha value is -5.70. The number of thiophene rings is 4. The summed E-state index contributed by atoms with van der Waals surface area (Å²) in [7, 11) is 0. The number of hydrogen-bond acceptors (Lipinski definition) is 6. The van der Waals surface area contributed by atoms with Gasteiger partial charge in [0, 0.05) is 79.4 Å². The Bertz CT molecular complexity index is 3550. The molecule has 0 atom stereocenters. The van der Waals surface area contributed by atoms with E-state index >= 15 is 0 Å². The van der Waals surface area contributed by atoms with Crippen molar-refractivity contribution in [2.24, 2.45) is 0 Å². The molecule has 0 bridgehead atoms. The average molecular weight is 921 g/mol. The molecule has 0 unspecified atom stereocenters. The third-order valence-corrected chi connectivity index (χ3v) is 21.1. The molecular formula is C58H32S6. The molecule has 0 fully saturated rings. The van der Waals surface area contributed by atoms with Crippen LogP contribution >= 0.6 is 68.9 Å². The Morgan fingerprint density at radius 3 is 1.02 bits per heavy atom. The fourth-order valence-electron chi connectivity index (χ4n) is 11.2. The standard InChI is InChI=1S/C58H32S6/c1-7-19-45-35(13-1)37-27-25-33(29-53(37)59-45)51-31-43-55(63-51)58(41-17-5-11-23-49(41)62-50-24-12-6-18-42(50)58)44-32-52(34-26-28-38-36-14-2-8-20-46(36)60-54(38)30-34)64-56(44)57(43)39-15-3-9-21-47(39)61-48-22-10-4-16-40(48)57/h1-32H. The van der Waals surface area contributed by atoms with Crippen molar-refractivity contribution in [2.75, 3.05) is 0 Å². The maximum absolute atomic E-state index is 2.62. The quantitative estimate of drug-likeness (QED) is 0.169. The average Bonchev–Trinajstić information content (AvgIpc) is 4.16.